The molecular weight excluding hydrogens is 373 g/mol. The molecule has 27 heavy (non-hydrogen) atoms. The fourth-order valence-corrected chi connectivity index (χ4v) is 3.48. The van der Waals surface area contributed by atoms with Gasteiger partial charge in [0.15, 0.2) is 0 Å². The molecule has 0 aliphatic rings. The molecule has 0 bridgehead atoms. The first-order valence-electron chi connectivity index (χ1n) is 8.17. The maximum atomic E-state index is 13.2. The summed E-state index contributed by atoms with van der Waals surface area (Å²) in [6.45, 7) is 3.23. The van der Waals surface area contributed by atoms with Gasteiger partial charge in [-0.05, 0) is 55.8 Å². The van der Waals surface area contributed by atoms with E-state index >= 15 is 0 Å². The number of benzene rings is 2. The van der Waals surface area contributed by atoms with Gasteiger partial charge in [0.05, 0.1) is 23.6 Å². The largest absolute Gasteiger partial charge is 0.495 e. The van der Waals surface area contributed by atoms with Crippen molar-refractivity contribution in [1.82, 2.24) is 4.57 Å². The molecule has 1 heterocycles. The zero-order chi connectivity index (χ0) is 19.9. The Kier molecular flexibility index (Phi) is 4.93. The third kappa shape index (κ3) is 3.17. The number of carbonyl (C=O) groups excluding carboxylic acids is 1. The zero-order valence-electron chi connectivity index (χ0n) is 14.9. The monoisotopic (exact) mass is 389 g/mol. The lowest BCUT2D eigenvalue weighted by Crippen LogP contribution is -2.15. The van der Waals surface area contributed by atoms with Crippen molar-refractivity contribution in [1.29, 1.82) is 0 Å². The van der Waals surface area contributed by atoms with Gasteiger partial charge in [-0.15, -0.1) is 0 Å². The second kappa shape index (κ2) is 7.04. The van der Waals surface area contributed by atoms with Gasteiger partial charge in [-0.3, -0.25) is 14.2 Å². The summed E-state index contributed by atoms with van der Waals surface area (Å²) in [5.41, 5.74) is 1.73. The first-order valence-corrected chi connectivity index (χ1v) is 8.55. The van der Waals surface area contributed by atoms with Crippen molar-refractivity contribution < 1.29 is 23.8 Å². The number of methoxy groups -OCH3 is 1. The number of carbonyl (C=O) groups is 2. The second-order valence-electron chi connectivity index (χ2n) is 6.21. The first-order chi connectivity index (χ1) is 12.8. The Balaban J connectivity index is 2.33. The molecule has 0 aliphatic carbocycles. The predicted octanol–water partition coefficient (Wildman–Crippen LogP) is 4.63. The minimum Gasteiger partial charge on any atom is -0.495 e. The SMILES string of the molecule is COc1cc2c(C(C)C(=O)O)c(C)n(C(=O)c3ccc(F)cc3)c2cc1Cl. The topological polar surface area (TPSA) is 68.5 Å². The Hall–Kier alpha value is -2.86. The van der Waals surface area contributed by atoms with Gasteiger partial charge >= 0.3 is 5.97 Å². The molecule has 1 atom stereocenters. The Morgan fingerprint density at radius 3 is 2.41 bits per heavy atom. The number of rotatable bonds is 4. The second-order valence-corrected chi connectivity index (χ2v) is 6.62. The number of nitrogens with zero attached hydrogens (tertiary/aromatic N) is 1. The summed E-state index contributed by atoms with van der Waals surface area (Å²) in [5, 5.41) is 10.4. The summed E-state index contributed by atoms with van der Waals surface area (Å²) in [7, 11) is 1.46. The van der Waals surface area contributed by atoms with E-state index in [-0.39, 0.29) is 5.56 Å². The maximum Gasteiger partial charge on any atom is 0.310 e. The summed E-state index contributed by atoms with van der Waals surface area (Å²) in [5.74, 6) is -2.33. The van der Waals surface area contributed by atoms with Crippen LogP contribution in [0.4, 0.5) is 4.39 Å². The molecule has 1 N–H and O–H groups in total. The van der Waals surface area contributed by atoms with E-state index in [1.807, 2.05) is 0 Å². The Morgan fingerprint density at radius 2 is 1.85 bits per heavy atom. The minimum absolute atomic E-state index is 0.276. The molecule has 3 rings (SSSR count). The smallest absolute Gasteiger partial charge is 0.310 e. The summed E-state index contributed by atoms with van der Waals surface area (Å²) < 4.78 is 19.9. The van der Waals surface area contributed by atoms with E-state index in [0.717, 1.165) is 0 Å². The van der Waals surface area contributed by atoms with Gasteiger partial charge in [0.2, 0.25) is 0 Å². The van der Waals surface area contributed by atoms with Crippen LogP contribution in [0.25, 0.3) is 10.9 Å². The number of aliphatic carboxylic acids is 1. The van der Waals surface area contributed by atoms with E-state index in [1.165, 1.54) is 35.9 Å². The minimum atomic E-state index is -1.01. The van der Waals surface area contributed by atoms with Gasteiger partial charge in [-0.1, -0.05) is 11.6 Å². The van der Waals surface area contributed by atoms with Gasteiger partial charge in [0, 0.05) is 16.6 Å². The van der Waals surface area contributed by atoms with Crippen LogP contribution in [0, 0.1) is 12.7 Å². The van der Waals surface area contributed by atoms with Crippen LogP contribution >= 0.6 is 11.6 Å². The highest BCUT2D eigenvalue weighted by Gasteiger charge is 2.27. The molecule has 3 aromatic rings. The highest BCUT2D eigenvalue weighted by Crippen LogP contribution is 2.38. The number of hydrogen-bond acceptors (Lipinski definition) is 3. The fourth-order valence-electron chi connectivity index (χ4n) is 3.25. The Labute approximate surface area is 159 Å². The quantitative estimate of drug-likeness (QED) is 0.706. The average Bonchev–Trinajstić information content (AvgIpc) is 2.91. The van der Waals surface area contributed by atoms with Crippen LogP contribution in [-0.4, -0.2) is 28.7 Å². The van der Waals surface area contributed by atoms with E-state index in [1.54, 1.807) is 26.0 Å². The number of aromatic nitrogens is 1. The predicted molar refractivity (Wildman–Crippen MR) is 100 cm³/mol. The normalized spacial score (nSPS) is 12.2. The maximum absolute atomic E-state index is 13.2. The molecule has 0 saturated carbocycles. The van der Waals surface area contributed by atoms with Crippen molar-refractivity contribution in [2.75, 3.05) is 7.11 Å². The molecule has 0 fully saturated rings. The van der Waals surface area contributed by atoms with Crippen LogP contribution < -0.4 is 4.74 Å². The molecule has 0 radical (unpaired) electrons. The highest BCUT2D eigenvalue weighted by atomic mass is 35.5. The molecule has 140 valence electrons. The molecule has 7 heteroatoms. The van der Waals surface area contributed by atoms with E-state index < -0.39 is 23.6 Å². The van der Waals surface area contributed by atoms with E-state index in [4.69, 9.17) is 16.3 Å². The van der Waals surface area contributed by atoms with Crippen molar-refractivity contribution in [3.05, 3.63) is 64.1 Å². The number of carboxylic acids is 1. The van der Waals surface area contributed by atoms with Gasteiger partial charge < -0.3 is 9.84 Å². The number of carboxylic acid groups (broad SMARTS) is 1. The van der Waals surface area contributed by atoms with Crippen LogP contribution in [0.2, 0.25) is 5.02 Å². The molecule has 2 aromatic carbocycles. The van der Waals surface area contributed by atoms with Gasteiger partial charge in [-0.2, -0.15) is 0 Å². The number of halogens is 2. The van der Waals surface area contributed by atoms with Gasteiger partial charge in [0.1, 0.15) is 11.6 Å². The third-order valence-corrected chi connectivity index (χ3v) is 4.92. The van der Waals surface area contributed by atoms with Crippen molar-refractivity contribution in [3.8, 4) is 5.75 Å². The lowest BCUT2D eigenvalue weighted by Gasteiger charge is -2.09. The molecule has 5 nitrogen and oxygen atoms in total. The van der Waals surface area contributed by atoms with Crippen molar-refractivity contribution in [2.45, 2.75) is 19.8 Å². The molecular formula is C20H17ClFNO4. The van der Waals surface area contributed by atoms with E-state index in [9.17, 15) is 19.1 Å². The number of fused-ring (bicyclic) bond motifs is 1. The molecule has 0 saturated heterocycles. The van der Waals surface area contributed by atoms with Crippen LogP contribution in [0.15, 0.2) is 36.4 Å². The summed E-state index contributed by atoms with van der Waals surface area (Å²) in [6, 6.07) is 8.37. The van der Waals surface area contributed by atoms with E-state index in [0.29, 0.717) is 32.9 Å². The van der Waals surface area contributed by atoms with E-state index in [2.05, 4.69) is 0 Å². The zero-order valence-corrected chi connectivity index (χ0v) is 15.7. The van der Waals surface area contributed by atoms with Gasteiger partial charge in [0.25, 0.3) is 5.91 Å². The van der Waals surface area contributed by atoms with Crippen molar-refractivity contribution in [3.63, 3.8) is 0 Å². The summed E-state index contributed by atoms with van der Waals surface area (Å²) in [4.78, 5) is 24.7. The van der Waals surface area contributed by atoms with Crippen LogP contribution in [-0.2, 0) is 4.79 Å². The molecule has 0 spiro atoms. The molecule has 0 aliphatic heterocycles. The van der Waals surface area contributed by atoms with Crippen LogP contribution in [0.1, 0.15) is 34.5 Å². The standard InChI is InChI=1S/C20H17ClFNO4/c1-10(20(25)26)18-11(2)23(19(24)12-4-6-13(22)7-5-12)16-9-15(21)17(27-3)8-14(16)18/h4-10H,1-3H3,(H,25,26). The highest BCUT2D eigenvalue weighted by molar-refractivity contribution is 6.33. The fraction of sp³-hybridized carbons (Fsp3) is 0.200. The molecule has 1 aromatic heterocycles. The summed E-state index contributed by atoms with van der Waals surface area (Å²) in [6.07, 6.45) is 0. The number of hydrogen-bond donors (Lipinski definition) is 1. The van der Waals surface area contributed by atoms with Gasteiger partial charge in [-0.25, -0.2) is 4.39 Å². The van der Waals surface area contributed by atoms with Crippen molar-refractivity contribution >= 4 is 34.4 Å². The van der Waals surface area contributed by atoms with Crippen molar-refractivity contribution in [2.24, 2.45) is 0 Å². The molecule has 1 unspecified atom stereocenters. The summed E-state index contributed by atoms with van der Waals surface area (Å²) >= 11 is 6.23. The van der Waals surface area contributed by atoms with Crippen LogP contribution in [0.3, 0.4) is 0 Å². The molecule has 0 amide bonds. The Morgan fingerprint density at radius 1 is 1.22 bits per heavy atom. The average molecular weight is 390 g/mol. The lowest BCUT2D eigenvalue weighted by molar-refractivity contribution is -0.138. The third-order valence-electron chi connectivity index (χ3n) is 4.62. The lowest BCUT2D eigenvalue weighted by atomic mass is 9.98. The van der Waals surface area contributed by atoms with Crippen LogP contribution in [0.5, 0.6) is 5.75 Å². The Bertz CT molecular complexity index is 1060. The first kappa shape index (κ1) is 18.9. The number of ether oxygens (including phenoxy) is 1.